The van der Waals surface area contributed by atoms with Crippen LogP contribution in [0.25, 0.3) is 5.69 Å². The molecule has 2 aromatic rings. The Kier molecular flexibility index (Phi) is 3.59. The van der Waals surface area contributed by atoms with E-state index in [0.717, 1.165) is 4.68 Å². The van der Waals surface area contributed by atoms with Crippen LogP contribution in [0.15, 0.2) is 23.1 Å². The van der Waals surface area contributed by atoms with E-state index in [9.17, 15) is 18.0 Å². The number of aromatic nitrogens is 2. The van der Waals surface area contributed by atoms with E-state index in [-0.39, 0.29) is 20.8 Å². The Balaban J connectivity index is 2.65. The van der Waals surface area contributed by atoms with Crippen molar-refractivity contribution in [2.24, 2.45) is 0 Å². The van der Waals surface area contributed by atoms with Crippen molar-refractivity contribution in [3.63, 3.8) is 0 Å². The van der Waals surface area contributed by atoms with E-state index in [2.05, 4.69) is 0 Å². The lowest BCUT2D eigenvalue weighted by atomic mass is 10.3. The monoisotopic (exact) mass is 330 g/mol. The lowest BCUT2D eigenvalue weighted by molar-refractivity contribution is -0.138. The van der Waals surface area contributed by atoms with Crippen LogP contribution in [0.2, 0.25) is 15.1 Å². The van der Waals surface area contributed by atoms with Gasteiger partial charge in [0, 0.05) is 11.2 Å². The summed E-state index contributed by atoms with van der Waals surface area (Å²) in [6.07, 6.45) is -4.17. The van der Waals surface area contributed by atoms with Gasteiger partial charge in [-0.1, -0.05) is 34.8 Å². The van der Waals surface area contributed by atoms with Crippen LogP contribution in [0.3, 0.4) is 0 Å². The SMILES string of the molecule is O=c1[nH]n(-c2c(Cl)cc(Cl)cc2Cl)cc1C(F)(F)F. The largest absolute Gasteiger partial charge is 0.423 e. The summed E-state index contributed by atoms with van der Waals surface area (Å²) >= 11 is 17.4. The number of H-pyrrole nitrogens is 1. The van der Waals surface area contributed by atoms with Crippen molar-refractivity contribution in [1.82, 2.24) is 9.78 Å². The number of nitrogens with zero attached hydrogens (tertiary/aromatic N) is 1. The molecule has 0 aliphatic heterocycles. The van der Waals surface area contributed by atoms with E-state index < -0.39 is 17.3 Å². The van der Waals surface area contributed by atoms with Crippen molar-refractivity contribution in [3.8, 4) is 5.69 Å². The van der Waals surface area contributed by atoms with Gasteiger partial charge in [0.15, 0.2) is 0 Å². The van der Waals surface area contributed by atoms with Gasteiger partial charge in [0.25, 0.3) is 5.56 Å². The summed E-state index contributed by atoms with van der Waals surface area (Å²) in [4.78, 5) is 11.2. The average molecular weight is 332 g/mol. The van der Waals surface area contributed by atoms with E-state index in [1.54, 1.807) is 0 Å². The molecule has 0 bridgehead atoms. The molecule has 2 rings (SSSR count). The third-order valence-electron chi connectivity index (χ3n) is 2.25. The zero-order valence-electron chi connectivity index (χ0n) is 8.86. The predicted molar refractivity (Wildman–Crippen MR) is 66.4 cm³/mol. The second-order valence-electron chi connectivity index (χ2n) is 3.57. The maximum atomic E-state index is 12.5. The molecular formula is C10H4Cl3F3N2O. The van der Waals surface area contributed by atoms with E-state index in [1.165, 1.54) is 12.1 Å². The number of hydrogen-bond donors (Lipinski definition) is 1. The van der Waals surface area contributed by atoms with Gasteiger partial charge in [-0.15, -0.1) is 0 Å². The fourth-order valence-electron chi connectivity index (χ4n) is 1.48. The number of aromatic amines is 1. The third-order valence-corrected chi connectivity index (χ3v) is 3.05. The van der Waals surface area contributed by atoms with Crippen LogP contribution in [-0.4, -0.2) is 9.78 Å². The van der Waals surface area contributed by atoms with Crippen LogP contribution in [0.4, 0.5) is 13.2 Å². The molecule has 19 heavy (non-hydrogen) atoms. The van der Waals surface area contributed by atoms with Crippen molar-refractivity contribution in [2.75, 3.05) is 0 Å². The molecule has 3 nitrogen and oxygen atoms in total. The van der Waals surface area contributed by atoms with E-state index in [0.29, 0.717) is 6.20 Å². The van der Waals surface area contributed by atoms with Crippen molar-refractivity contribution in [2.45, 2.75) is 6.18 Å². The molecule has 0 saturated heterocycles. The van der Waals surface area contributed by atoms with Gasteiger partial charge in [0.2, 0.25) is 0 Å². The molecule has 1 aromatic heterocycles. The van der Waals surface area contributed by atoms with Gasteiger partial charge in [-0.05, 0) is 12.1 Å². The van der Waals surface area contributed by atoms with E-state index in [1.807, 2.05) is 5.10 Å². The number of alkyl halides is 3. The minimum atomic E-state index is -4.76. The first-order valence-electron chi connectivity index (χ1n) is 4.74. The Labute approximate surface area is 119 Å². The molecule has 1 N–H and O–H groups in total. The quantitative estimate of drug-likeness (QED) is 0.838. The molecule has 0 aliphatic carbocycles. The summed E-state index contributed by atoms with van der Waals surface area (Å²) in [5, 5.41) is 2.25. The fraction of sp³-hybridized carbons (Fsp3) is 0.100. The van der Waals surface area contributed by atoms with Crippen LogP contribution in [0, 0.1) is 0 Å². The molecule has 0 radical (unpaired) electrons. The average Bonchev–Trinajstić information content (AvgIpc) is 2.57. The molecule has 0 fully saturated rings. The van der Waals surface area contributed by atoms with Crippen LogP contribution in [-0.2, 0) is 6.18 Å². The lowest BCUT2D eigenvalue weighted by Gasteiger charge is -2.08. The third kappa shape index (κ3) is 2.75. The number of nitrogens with one attached hydrogen (secondary N) is 1. The molecule has 0 unspecified atom stereocenters. The molecule has 1 aromatic carbocycles. The molecule has 0 amide bonds. The maximum absolute atomic E-state index is 12.5. The first-order valence-corrected chi connectivity index (χ1v) is 5.87. The number of halogens is 6. The highest BCUT2D eigenvalue weighted by Gasteiger charge is 2.35. The predicted octanol–water partition coefficient (Wildman–Crippen LogP) is 4.14. The van der Waals surface area contributed by atoms with Crippen LogP contribution in [0.1, 0.15) is 5.56 Å². The zero-order chi connectivity index (χ0) is 14.4. The first kappa shape index (κ1) is 14.3. The molecule has 9 heteroatoms. The number of rotatable bonds is 1. The Hall–Kier alpha value is -1.11. The summed E-state index contributed by atoms with van der Waals surface area (Å²) in [7, 11) is 0. The highest BCUT2D eigenvalue weighted by Crippen LogP contribution is 2.33. The number of hydrogen-bond acceptors (Lipinski definition) is 1. The van der Waals surface area contributed by atoms with Crippen molar-refractivity contribution < 1.29 is 13.2 Å². The second-order valence-corrected chi connectivity index (χ2v) is 4.82. The van der Waals surface area contributed by atoms with Gasteiger partial charge >= 0.3 is 6.18 Å². The van der Waals surface area contributed by atoms with Crippen molar-refractivity contribution in [1.29, 1.82) is 0 Å². The van der Waals surface area contributed by atoms with Gasteiger partial charge in [-0.25, -0.2) is 0 Å². The summed E-state index contributed by atoms with van der Waals surface area (Å²) in [6.45, 7) is 0. The topological polar surface area (TPSA) is 37.8 Å². The molecule has 1 heterocycles. The fourth-order valence-corrected chi connectivity index (χ4v) is 2.48. The van der Waals surface area contributed by atoms with Crippen LogP contribution < -0.4 is 5.56 Å². The Morgan fingerprint density at radius 3 is 2.05 bits per heavy atom. The molecule has 0 saturated carbocycles. The van der Waals surface area contributed by atoms with Gasteiger partial charge in [-0.3, -0.25) is 14.6 Å². The second kappa shape index (κ2) is 4.77. The highest BCUT2D eigenvalue weighted by molar-refractivity contribution is 6.40. The van der Waals surface area contributed by atoms with Crippen molar-refractivity contribution >= 4 is 34.8 Å². The Morgan fingerprint density at radius 1 is 1.11 bits per heavy atom. The van der Waals surface area contributed by atoms with E-state index >= 15 is 0 Å². The first-order chi connectivity index (χ1) is 8.70. The van der Waals surface area contributed by atoms with E-state index in [4.69, 9.17) is 34.8 Å². The van der Waals surface area contributed by atoms with Gasteiger partial charge in [-0.2, -0.15) is 13.2 Å². The van der Waals surface area contributed by atoms with Gasteiger partial charge in [0.1, 0.15) is 5.56 Å². The van der Waals surface area contributed by atoms with Gasteiger partial charge < -0.3 is 0 Å². The number of benzene rings is 1. The Bertz CT molecular complexity index is 667. The van der Waals surface area contributed by atoms with Crippen LogP contribution in [0.5, 0.6) is 0 Å². The van der Waals surface area contributed by atoms with Crippen LogP contribution >= 0.6 is 34.8 Å². The normalized spacial score (nSPS) is 11.9. The summed E-state index contributed by atoms with van der Waals surface area (Å²) in [5.74, 6) is 0. The molecule has 0 spiro atoms. The smallest absolute Gasteiger partial charge is 0.267 e. The molecule has 0 atom stereocenters. The lowest BCUT2D eigenvalue weighted by Crippen LogP contribution is -2.16. The molecule has 0 aliphatic rings. The zero-order valence-corrected chi connectivity index (χ0v) is 11.1. The summed E-state index contributed by atoms with van der Waals surface area (Å²) < 4.78 is 38.4. The minimum absolute atomic E-state index is 0.0116. The standard InChI is InChI=1S/C10H4Cl3F3N2O/c11-4-1-6(12)8(7(13)2-4)18-3-5(9(19)17-18)10(14,15)16/h1-3H,(H,17,19). The maximum Gasteiger partial charge on any atom is 0.423 e. The van der Waals surface area contributed by atoms with Crippen molar-refractivity contribution in [3.05, 3.63) is 49.3 Å². The molecule has 102 valence electrons. The summed E-state index contributed by atoms with van der Waals surface area (Å²) in [6, 6.07) is 2.60. The highest BCUT2D eigenvalue weighted by atomic mass is 35.5. The Morgan fingerprint density at radius 2 is 1.63 bits per heavy atom. The minimum Gasteiger partial charge on any atom is -0.267 e. The molecular weight excluding hydrogens is 327 g/mol. The van der Waals surface area contributed by atoms with Gasteiger partial charge in [0.05, 0.1) is 15.7 Å². The summed E-state index contributed by atoms with van der Waals surface area (Å²) in [5.41, 5.74) is -2.61.